The lowest BCUT2D eigenvalue weighted by molar-refractivity contribution is -0.0431. The third-order valence-electron chi connectivity index (χ3n) is 3.13. The summed E-state index contributed by atoms with van der Waals surface area (Å²) in [5.41, 5.74) is 6.53. The van der Waals surface area contributed by atoms with E-state index in [9.17, 15) is 5.11 Å². The summed E-state index contributed by atoms with van der Waals surface area (Å²) in [5, 5.41) is 19.0. The number of halogens is 1. The molecule has 0 radical (unpaired) electrons. The number of nitrogens with zero attached hydrogens (tertiary/aromatic N) is 4. The highest BCUT2D eigenvalue weighted by Crippen LogP contribution is 2.34. The van der Waals surface area contributed by atoms with Crippen LogP contribution >= 0.6 is 11.6 Å². The molecule has 0 aromatic carbocycles. The molecule has 1 saturated heterocycles. The molecule has 102 valence electrons. The molecular weight excluding hydrogens is 274 g/mol. The van der Waals surface area contributed by atoms with Crippen molar-refractivity contribution >= 4 is 28.6 Å². The van der Waals surface area contributed by atoms with Gasteiger partial charge in [0.2, 0.25) is 5.28 Å². The number of nitrogen functional groups attached to an aromatic ring is 1. The van der Waals surface area contributed by atoms with E-state index < -0.39 is 18.4 Å². The summed E-state index contributed by atoms with van der Waals surface area (Å²) >= 11 is 6.06. The Kier molecular flexibility index (Phi) is 3.02. The average molecular weight is 286 g/mol. The zero-order valence-corrected chi connectivity index (χ0v) is 10.5. The fourth-order valence-electron chi connectivity index (χ4n) is 2.19. The summed E-state index contributed by atoms with van der Waals surface area (Å²) in [6.07, 6.45) is -0.346. The van der Waals surface area contributed by atoms with Crippen LogP contribution in [-0.2, 0) is 4.74 Å². The normalized spacial score (nSPS) is 27.2. The number of hydrogen-bond donors (Lipinski definition) is 3. The second kappa shape index (κ2) is 4.57. The van der Waals surface area contributed by atoms with Gasteiger partial charge in [0.05, 0.1) is 12.7 Å². The molecule has 0 bridgehead atoms. The Labute approximate surface area is 112 Å². The molecule has 1 fully saturated rings. The summed E-state index contributed by atoms with van der Waals surface area (Å²) < 4.78 is 7.07. The first-order chi connectivity index (χ1) is 9.11. The third kappa shape index (κ3) is 1.93. The minimum Gasteiger partial charge on any atom is -0.394 e. The van der Waals surface area contributed by atoms with Gasteiger partial charge in [0.1, 0.15) is 18.7 Å². The van der Waals surface area contributed by atoms with Crippen molar-refractivity contribution in [3.8, 4) is 0 Å². The number of hydrogen-bond acceptors (Lipinski definition) is 7. The molecule has 0 saturated carbocycles. The summed E-state index contributed by atoms with van der Waals surface area (Å²) in [6.45, 7) is -0.265. The van der Waals surface area contributed by atoms with Crippen molar-refractivity contribution < 1.29 is 14.9 Å². The van der Waals surface area contributed by atoms with E-state index in [2.05, 4.69) is 15.0 Å². The van der Waals surface area contributed by atoms with E-state index in [1.165, 1.54) is 10.9 Å². The van der Waals surface area contributed by atoms with Crippen LogP contribution in [0.4, 0.5) is 5.82 Å². The Hall–Kier alpha value is -1.48. The van der Waals surface area contributed by atoms with Gasteiger partial charge < -0.3 is 20.7 Å². The van der Waals surface area contributed by atoms with Gasteiger partial charge in [-0.05, 0) is 11.6 Å². The van der Waals surface area contributed by atoms with Crippen molar-refractivity contribution in [1.29, 1.82) is 0 Å². The Morgan fingerprint density at radius 3 is 3.00 bits per heavy atom. The highest BCUT2D eigenvalue weighted by Gasteiger charge is 2.36. The molecular formula is C10H12ClN5O3. The number of ether oxygens (including phenoxy) is 1. The van der Waals surface area contributed by atoms with Crippen molar-refractivity contribution in [2.24, 2.45) is 0 Å². The number of imidazole rings is 1. The number of nitrogens with two attached hydrogens (primary N) is 1. The number of aliphatic hydroxyl groups is 2. The maximum absolute atomic E-state index is 9.76. The summed E-state index contributed by atoms with van der Waals surface area (Å²) in [5.74, 6) is 0.225. The highest BCUT2D eigenvalue weighted by molar-refractivity contribution is 6.29. The van der Waals surface area contributed by atoms with Crippen LogP contribution in [0.25, 0.3) is 11.2 Å². The standard InChI is InChI=1S/C10H12ClN5O3/c11-10-15-7-8(12)13-3-14-9(7)16(10)6-1-4(18)5(2-17)19-6/h3-6,17-18H,1-2H2,(H2,12,13,14). The van der Waals surface area contributed by atoms with Crippen LogP contribution in [0.1, 0.15) is 12.6 Å². The number of fused-ring (bicyclic) bond motifs is 1. The molecule has 1 aliphatic heterocycles. The Balaban J connectivity index is 2.06. The van der Waals surface area contributed by atoms with E-state index in [0.717, 1.165) is 0 Å². The molecule has 3 atom stereocenters. The second-order valence-corrected chi connectivity index (χ2v) is 4.63. The third-order valence-corrected chi connectivity index (χ3v) is 3.40. The fraction of sp³-hybridized carbons (Fsp3) is 0.500. The average Bonchev–Trinajstić information content (AvgIpc) is 2.90. The van der Waals surface area contributed by atoms with Gasteiger partial charge in [0.25, 0.3) is 0 Å². The lowest BCUT2D eigenvalue weighted by Crippen LogP contribution is -2.24. The number of anilines is 1. The summed E-state index contributed by atoms with van der Waals surface area (Å²) in [4.78, 5) is 12.0. The molecule has 0 aliphatic carbocycles. The topological polar surface area (TPSA) is 119 Å². The molecule has 3 heterocycles. The van der Waals surface area contributed by atoms with E-state index in [4.69, 9.17) is 27.2 Å². The van der Waals surface area contributed by atoms with Gasteiger partial charge in [-0.3, -0.25) is 4.57 Å². The number of aromatic nitrogens is 4. The summed E-state index contributed by atoms with van der Waals surface area (Å²) in [7, 11) is 0. The Bertz CT molecular complexity index is 618. The van der Waals surface area contributed by atoms with Gasteiger partial charge in [-0.25, -0.2) is 15.0 Å². The van der Waals surface area contributed by atoms with Gasteiger partial charge >= 0.3 is 0 Å². The zero-order valence-electron chi connectivity index (χ0n) is 9.77. The molecule has 2 aromatic heterocycles. The van der Waals surface area contributed by atoms with Crippen LogP contribution in [0.2, 0.25) is 5.28 Å². The van der Waals surface area contributed by atoms with Gasteiger partial charge in [0.15, 0.2) is 17.0 Å². The monoisotopic (exact) mass is 285 g/mol. The van der Waals surface area contributed by atoms with Crippen LogP contribution in [0, 0.1) is 0 Å². The van der Waals surface area contributed by atoms with Gasteiger partial charge in [-0.1, -0.05) is 0 Å². The van der Waals surface area contributed by atoms with Gasteiger partial charge in [-0.2, -0.15) is 0 Å². The van der Waals surface area contributed by atoms with Crippen LogP contribution in [0.5, 0.6) is 0 Å². The predicted molar refractivity (Wildman–Crippen MR) is 66.4 cm³/mol. The highest BCUT2D eigenvalue weighted by atomic mass is 35.5. The van der Waals surface area contributed by atoms with E-state index in [1.807, 2.05) is 0 Å². The van der Waals surface area contributed by atoms with Crippen molar-refractivity contribution in [2.45, 2.75) is 24.9 Å². The number of aliphatic hydroxyl groups excluding tert-OH is 2. The van der Waals surface area contributed by atoms with Crippen molar-refractivity contribution in [3.63, 3.8) is 0 Å². The number of rotatable bonds is 2. The smallest absolute Gasteiger partial charge is 0.207 e. The lowest BCUT2D eigenvalue weighted by Gasteiger charge is -2.14. The van der Waals surface area contributed by atoms with Gasteiger partial charge in [0, 0.05) is 6.42 Å². The minimum absolute atomic E-state index is 0.151. The van der Waals surface area contributed by atoms with E-state index in [-0.39, 0.29) is 17.7 Å². The molecule has 4 N–H and O–H groups in total. The van der Waals surface area contributed by atoms with Crippen LogP contribution in [0.15, 0.2) is 6.33 Å². The molecule has 2 aromatic rings. The largest absolute Gasteiger partial charge is 0.394 e. The predicted octanol–water partition coefficient (Wildman–Crippen LogP) is -0.297. The van der Waals surface area contributed by atoms with E-state index in [0.29, 0.717) is 17.6 Å². The second-order valence-electron chi connectivity index (χ2n) is 4.30. The first-order valence-corrected chi connectivity index (χ1v) is 6.08. The quantitative estimate of drug-likeness (QED) is 0.648. The zero-order chi connectivity index (χ0) is 13.6. The summed E-state index contributed by atoms with van der Waals surface area (Å²) in [6, 6.07) is 0. The van der Waals surface area contributed by atoms with Crippen LogP contribution < -0.4 is 5.73 Å². The molecule has 3 rings (SSSR count). The SMILES string of the molecule is Nc1ncnc2c1nc(Cl)n2C1CC(O)C(CO)O1. The molecule has 8 nitrogen and oxygen atoms in total. The van der Waals surface area contributed by atoms with Crippen molar-refractivity contribution in [3.05, 3.63) is 11.6 Å². The Morgan fingerprint density at radius 2 is 2.32 bits per heavy atom. The van der Waals surface area contributed by atoms with Gasteiger partial charge in [-0.15, -0.1) is 0 Å². The minimum atomic E-state index is -0.761. The first kappa shape index (κ1) is 12.5. The first-order valence-electron chi connectivity index (χ1n) is 5.70. The molecule has 1 aliphatic rings. The van der Waals surface area contributed by atoms with Crippen molar-refractivity contribution in [2.75, 3.05) is 12.3 Å². The van der Waals surface area contributed by atoms with Crippen LogP contribution in [-0.4, -0.2) is 48.5 Å². The lowest BCUT2D eigenvalue weighted by atomic mass is 10.2. The maximum Gasteiger partial charge on any atom is 0.207 e. The molecule has 9 heteroatoms. The van der Waals surface area contributed by atoms with Crippen molar-refractivity contribution in [1.82, 2.24) is 19.5 Å². The molecule has 3 unspecified atom stereocenters. The van der Waals surface area contributed by atoms with E-state index in [1.54, 1.807) is 0 Å². The maximum atomic E-state index is 9.76. The van der Waals surface area contributed by atoms with E-state index >= 15 is 0 Å². The molecule has 0 spiro atoms. The molecule has 19 heavy (non-hydrogen) atoms. The molecule has 0 amide bonds. The fourth-order valence-corrected chi connectivity index (χ4v) is 2.47. The Morgan fingerprint density at radius 1 is 1.53 bits per heavy atom. The van der Waals surface area contributed by atoms with Crippen LogP contribution in [0.3, 0.4) is 0 Å².